The number of aromatic nitrogens is 1. The third-order valence-electron chi connectivity index (χ3n) is 5.61. The lowest BCUT2D eigenvalue weighted by Gasteiger charge is -2.36. The van der Waals surface area contributed by atoms with Gasteiger partial charge in [-0.15, -0.1) is 11.3 Å². The van der Waals surface area contributed by atoms with Crippen LogP contribution in [0, 0.1) is 0 Å². The van der Waals surface area contributed by atoms with Crippen molar-refractivity contribution in [1.82, 2.24) is 4.98 Å². The van der Waals surface area contributed by atoms with Gasteiger partial charge in [0.25, 0.3) is 5.24 Å². The summed E-state index contributed by atoms with van der Waals surface area (Å²) in [6, 6.07) is 30.2. The second-order valence-corrected chi connectivity index (χ2v) is 10.8. The summed E-state index contributed by atoms with van der Waals surface area (Å²) in [6.07, 6.45) is 0. The van der Waals surface area contributed by atoms with Gasteiger partial charge in [0.15, 0.2) is 10.8 Å². The lowest BCUT2D eigenvalue weighted by Crippen LogP contribution is -2.38. The first-order valence-electron chi connectivity index (χ1n) is 12.2. The van der Waals surface area contributed by atoms with Crippen LogP contribution in [0.15, 0.2) is 102 Å². The van der Waals surface area contributed by atoms with Crippen LogP contribution in [0.5, 0.6) is 0 Å². The van der Waals surface area contributed by atoms with E-state index in [4.69, 9.17) is 21.2 Å². The molecule has 200 valence electrons. The molecular formula is C30H28ClN3O4S. The average Bonchev–Trinajstić information content (AvgIpc) is 3.38. The Morgan fingerprint density at radius 3 is 1.79 bits per heavy atom. The van der Waals surface area contributed by atoms with Gasteiger partial charge in [0.2, 0.25) is 6.61 Å². The topological polar surface area (TPSA) is 89.9 Å². The Labute approximate surface area is 236 Å². The SMILES string of the molecule is CC(C)(C)OC(=O)CON=C(C(=O)Cl)c1csc(NC(c2ccccc2)(c2ccccc2)c2ccccc2)n1. The molecule has 1 aromatic heterocycles. The number of carbonyl (C=O) groups excluding carboxylic acids is 2. The minimum absolute atomic E-state index is 0.214. The number of halogens is 1. The first kappa shape index (κ1) is 28.0. The third-order valence-corrected chi connectivity index (χ3v) is 6.54. The first-order chi connectivity index (χ1) is 18.7. The number of rotatable bonds is 10. The van der Waals surface area contributed by atoms with E-state index in [1.165, 1.54) is 11.3 Å². The van der Waals surface area contributed by atoms with Crippen LogP contribution < -0.4 is 5.32 Å². The van der Waals surface area contributed by atoms with Gasteiger partial charge in [0.1, 0.15) is 16.8 Å². The fourth-order valence-corrected chi connectivity index (χ4v) is 4.97. The molecule has 0 saturated heterocycles. The van der Waals surface area contributed by atoms with E-state index in [0.717, 1.165) is 16.7 Å². The van der Waals surface area contributed by atoms with Crippen LogP contribution in [0.1, 0.15) is 43.2 Å². The zero-order chi connectivity index (χ0) is 27.9. The van der Waals surface area contributed by atoms with E-state index < -0.39 is 29.0 Å². The smallest absolute Gasteiger partial charge is 0.347 e. The van der Waals surface area contributed by atoms with Crippen LogP contribution in [-0.4, -0.2) is 34.1 Å². The molecule has 9 heteroatoms. The number of ether oxygens (including phenoxy) is 1. The number of nitrogens with zero attached hydrogens (tertiary/aromatic N) is 2. The van der Waals surface area contributed by atoms with Crippen LogP contribution >= 0.6 is 22.9 Å². The minimum atomic E-state index is -0.864. The number of carbonyl (C=O) groups is 2. The molecular weight excluding hydrogens is 534 g/mol. The highest BCUT2D eigenvalue weighted by molar-refractivity contribution is 7.14. The Hall–Kier alpha value is -4.01. The average molecular weight is 562 g/mol. The summed E-state index contributed by atoms with van der Waals surface area (Å²) in [4.78, 5) is 33.9. The molecule has 1 N–H and O–H groups in total. The first-order valence-corrected chi connectivity index (χ1v) is 13.5. The number of benzene rings is 3. The maximum absolute atomic E-state index is 12.2. The van der Waals surface area contributed by atoms with Gasteiger partial charge in [0.05, 0.1) is 0 Å². The van der Waals surface area contributed by atoms with Crippen LogP contribution in [0.4, 0.5) is 5.13 Å². The summed E-state index contributed by atoms with van der Waals surface area (Å²) in [5, 5.41) is 8.76. The predicted octanol–water partition coefficient (Wildman–Crippen LogP) is 6.37. The molecule has 4 rings (SSSR count). The van der Waals surface area contributed by atoms with Gasteiger partial charge in [-0.3, -0.25) is 4.79 Å². The molecule has 7 nitrogen and oxygen atoms in total. The molecule has 0 atom stereocenters. The Morgan fingerprint density at radius 1 is 0.872 bits per heavy atom. The molecule has 0 aliphatic carbocycles. The van der Waals surface area contributed by atoms with Crippen LogP contribution in [0.25, 0.3) is 0 Å². The lowest BCUT2D eigenvalue weighted by atomic mass is 9.77. The molecule has 39 heavy (non-hydrogen) atoms. The van der Waals surface area contributed by atoms with Crippen molar-refractivity contribution in [2.24, 2.45) is 5.16 Å². The largest absolute Gasteiger partial charge is 0.457 e. The molecule has 4 aromatic rings. The summed E-state index contributed by atoms with van der Waals surface area (Å²) in [5.74, 6) is -0.619. The molecule has 0 spiro atoms. The van der Waals surface area contributed by atoms with Gasteiger partial charge in [-0.05, 0) is 49.1 Å². The van der Waals surface area contributed by atoms with E-state index >= 15 is 0 Å². The van der Waals surface area contributed by atoms with E-state index in [-0.39, 0.29) is 11.4 Å². The molecule has 0 aliphatic rings. The maximum Gasteiger partial charge on any atom is 0.347 e. The molecule has 0 saturated carbocycles. The summed E-state index contributed by atoms with van der Waals surface area (Å²) in [6.45, 7) is 4.75. The van der Waals surface area contributed by atoms with Gasteiger partial charge in [-0.25, -0.2) is 9.78 Å². The fourth-order valence-electron chi connectivity index (χ4n) is 4.09. The Morgan fingerprint density at radius 2 is 1.36 bits per heavy atom. The van der Waals surface area contributed by atoms with Crippen molar-refractivity contribution in [3.8, 4) is 0 Å². The molecule has 0 amide bonds. The summed E-state index contributed by atoms with van der Waals surface area (Å²) in [7, 11) is 0. The second-order valence-electron chi connectivity index (χ2n) is 9.58. The maximum atomic E-state index is 12.2. The molecule has 0 aliphatic heterocycles. The monoisotopic (exact) mass is 561 g/mol. The van der Waals surface area contributed by atoms with Gasteiger partial charge in [-0.2, -0.15) is 0 Å². The van der Waals surface area contributed by atoms with Gasteiger partial charge in [-0.1, -0.05) is 96.2 Å². The van der Waals surface area contributed by atoms with Crippen molar-refractivity contribution in [3.05, 3.63) is 119 Å². The van der Waals surface area contributed by atoms with E-state index in [2.05, 4.69) is 51.9 Å². The van der Waals surface area contributed by atoms with Gasteiger partial charge in [0, 0.05) is 5.38 Å². The van der Waals surface area contributed by atoms with E-state index in [1.807, 2.05) is 54.6 Å². The molecule has 0 unspecified atom stereocenters. The van der Waals surface area contributed by atoms with Gasteiger partial charge < -0.3 is 14.9 Å². The normalized spacial score (nSPS) is 12.1. The molecule has 0 bridgehead atoms. The zero-order valence-corrected chi connectivity index (χ0v) is 23.3. The standard InChI is InChI=1S/C30H28ClN3O4S/c1-29(2,3)38-25(35)19-37-34-26(27(31)36)24-20-39-28(32-24)33-30(21-13-7-4-8-14-21,22-15-9-5-10-16-22)23-17-11-6-12-18-23/h4-18,20H,19H2,1-3H3,(H,32,33). The fraction of sp³-hybridized carbons (Fsp3) is 0.200. The highest BCUT2D eigenvalue weighted by Crippen LogP contribution is 2.40. The van der Waals surface area contributed by atoms with Crippen molar-refractivity contribution in [2.75, 3.05) is 11.9 Å². The Kier molecular flexibility index (Phi) is 8.79. The number of hydrogen-bond donors (Lipinski definition) is 1. The van der Waals surface area contributed by atoms with Gasteiger partial charge >= 0.3 is 5.97 Å². The van der Waals surface area contributed by atoms with Crippen molar-refractivity contribution in [3.63, 3.8) is 0 Å². The molecule has 0 radical (unpaired) electrons. The van der Waals surface area contributed by atoms with Crippen molar-refractivity contribution in [2.45, 2.75) is 31.9 Å². The quantitative estimate of drug-likeness (QED) is 0.0795. The second kappa shape index (κ2) is 12.2. The highest BCUT2D eigenvalue weighted by atomic mass is 35.5. The van der Waals surface area contributed by atoms with Crippen LogP contribution in [0.3, 0.4) is 0 Å². The minimum Gasteiger partial charge on any atom is -0.457 e. The number of nitrogens with one attached hydrogen (secondary N) is 1. The summed E-state index contributed by atoms with van der Waals surface area (Å²) in [5.41, 5.74) is 1.54. The predicted molar refractivity (Wildman–Crippen MR) is 154 cm³/mol. The number of anilines is 1. The number of oxime groups is 1. The van der Waals surface area contributed by atoms with Crippen molar-refractivity contribution >= 4 is 45.0 Å². The lowest BCUT2D eigenvalue weighted by molar-refractivity contribution is -0.160. The van der Waals surface area contributed by atoms with E-state index in [0.29, 0.717) is 5.13 Å². The zero-order valence-electron chi connectivity index (χ0n) is 21.8. The van der Waals surface area contributed by atoms with Crippen LogP contribution in [0.2, 0.25) is 0 Å². The highest BCUT2D eigenvalue weighted by Gasteiger charge is 2.37. The molecule has 3 aromatic carbocycles. The third kappa shape index (κ3) is 6.90. The van der Waals surface area contributed by atoms with Crippen molar-refractivity contribution < 1.29 is 19.2 Å². The van der Waals surface area contributed by atoms with E-state index in [1.54, 1.807) is 26.2 Å². The Balaban J connectivity index is 1.70. The van der Waals surface area contributed by atoms with Crippen LogP contribution in [-0.2, 0) is 24.7 Å². The Bertz CT molecular complexity index is 1340. The number of esters is 1. The van der Waals surface area contributed by atoms with Crippen molar-refractivity contribution in [1.29, 1.82) is 0 Å². The summed E-state index contributed by atoms with van der Waals surface area (Å²) >= 11 is 7.10. The molecule has 1 heterocycles. The number of thiazole rings is 1. The summed E-state index contributed by atoms with van der Waals surface area (Å²) < 4.78 is 5.20. The van der Waals surface area contributed by atoms with E-state index in [9.17, 15) is 9.59 Å². The number of hydrogen-bond acceptors (Lipinski definition) is 8. The molecule has 0 fully saturated rings.